The average molecular weight is 451 g/mol. The largest absolute Gasteiger partial charge is 0.481 e. The van der Waals surface area contributed by atoms with Gasteiger partial charge < -0.3 is 10.8 Å². The first-order chi connectivity index (χ1) is 13.8. The number of aromatic nitrogens is 4. The monoisotopic (exact) mass is 449 g/mol. The van der Waals surface area contributed by atoms with Gasteiger partial charge in [0.15, 0.2) is 17.0 Å². The van der Waals surface area contributed by atoms with Crippen molar-refractivity contribution >= 4 is 57.8 Å². The van der Waals surface area contributed by atoms with E-state index < -0.39 is 5.97 Å². The Morgan fingerprint density at radius 1 is 1.03 bits per heavy atom. The molecule has 0 aliphatic heterocycles. The molecule has 4 rings (SSSR count). The Balaban J connectivity index is 0.000000552. The third-order valence-corrected chi connectivity index (χ3v) is 4.53. The fraction of sp³-hybridized carbons (Fsp3) is 0.0526. The smallest absolute Gasteiger partial charge is 0.300 e. The minimum atomic E-state index is -0.833. The first-order valence-electron chi connectivity index (χ1n) is 8.17. The van der Waals surface area contributed by atoms with Gasteiger partial charge in [-0.25, -0.2) is 15.0 Å². The van der Waals surface area contributed by atoms with Crippen molar-refractivity contribution in [3.8, 4) is 17.1 Å². The molecular formula is C19H14Cl3N5O2. The molecule has 2 aromatic carbocycles. The van der Waals surface area contributed by atoms with E-state index in [1.807, 2.05) is 22.8 Å². The number of halogens is 3. The highest BCUT2D eigenvalue weighted by Crippen LogP contribution is 2.34. The molecule has 0 saturated carbocycles. The number of carbonyl (C=O) groups is 1. The number of hydrogen-bond acceptors (Lipinski definition) is 5. The van der Waals surface area contributed by atoms with E-state index in [2.05, 4.69) is 15.0 Å². The molecule has 148 valence electrons. The van der Waals surface area contributed by atoms with Crippen molar-refractivity contribution in [3.05, 3.63) is 63.9 Å². The number of anilines is 1. The average Bonchev–Trinajstić information content (AvgIpc) is 3.02. The number of carboxylic acids is 1. The van der Waals surface area contributed by atoms with Crippen LogP contribution in [-0.4, -0.2) is 30.6 Å². The van der Waals surface area contributed by atoms with Crippen molar-refractivity contribution < 1.29 is 9.90 Å². The lowest BCUT2D eigenvalue weighted by Crippen LogP contribution is -1.99. The first kappa shape index (κ1) is 20.9. The van der Waals surface area contributed by atoms with Crippen LogP contribution >= 0.6 is 34.8 Å². The van der Waals surface area contributed by atoms with Crippen molar-refractivity contribution in [2.75, 3.05) is 5.73 Å². The standard InChI is InChI=1S/C17H10Cl3N5.C2H4O2/c18-9-1-4-11(5-2-9)25-16(12-6-3-10(19)7-13(12)20)24-14-15(21)22-8-23-17(14)25;1-2(3)4/h1-8H,(H2,21,22,23);1H3,(H,3,4). The van der Waals surface area contributed by atoms with Gasteiger partial charge in [0, 0.05) is 28.2 Å². The third-order valence-electron chi connectivity index (χ3n) is 3.73. The lowest BCUT2D eigenvalue weighted by Gasteiger charge is -2.10. The van der Waals surface area contributed by atoms with E-state index in [9.17, 15) is 0 Å². The van der Waals surface area contributed by atoms with Crippen LogP contribution in [0.1, 0.15) is 6.92 Å². The van der Waals surface area contributed by atoms with E-state index in [4.69, 9.17) is 50.4 Å². The van der Waals surface area contributed by atoms with Gasteiger partial charge in [0.25, 0.3) is 5.97 Å². The van der Waals surface area contributed by atoms with E-state index in [-0.39, 0.29) is 0 Å². The summed E-state index contributed by atoms with van der Waals surface area (Å²) in [6.45, 7) is 1.08. The quantitative estimate of drug-likeness (QED) is 0.439. The number of aliphatic carboxylic acids is 1. The Kier molecular flexibility index (Phi) is 6.22. The fourth-order valence-corrected chi connectivity index (χ4v) is 3.21. The topological polar surface area (TPSA) is 107 Å². The van der Waals surface area contributed by atoms with Crippen molar-refractivity contribution in [3.63, 3.8) is 0 Å². The molecule has 0 unspecified atom stereocenters. The molecule has 4 aromatic rings. The van der Waals surface area contributed by atoms with Crippen LogP contribution in [0.2, 0.25) is 15.1 Å². The molecule has 3 N–H and O–H groups in total. The molecule has 0 atom stereocenters. The van der Waals surface area contributed by atoms with Crippen LogP contribution < -0.4 is 5.73 Å². The van der Waals surface area contributed by atoms with Crippen LogP contribution in [0.3, 0.4) is 0 Å². The third kappa shape index (κ3) is 4.59. The van der Waals surface area contributed by atoms with Crippen molar-refractivity contribution in [2.45, 2.75) is 6.92 Å². The van der Waals surface area contributed by atoms with Crippen LogP contribution in [0, 0.1) is 0 Å². The van der Waals surface area contributed by atoms with Crippen LogP contribution in [0.4, 0.5) is 5.82 Å². The summed E-state index contributed by atoms with van der Waals surface area (Å²) in [5, 5.41) is 9.07. The highest BCUT2D eigenvalue weighted by atomic mass is 35.5. The number of benzene rings is 2. The zero-order chi connectivity index (χ0) is 21.1. The number of nitrogens with zero attached hydrogens (tertiary/aromatic N) is 4. The Labute approximate surface area is 180 Å². The molecule has 2 aromatic heterocycles. The van der Waals surface area contributed by atoms with Gasteiger partial charge in [-0.15, -0.1) is 0 Å². The molecular weight excluding hydrogens is 437 g/mol. The maximum Gasteiger partial charge on any atom is 0.300 e. The Morgan fingerprint density at radius 3 is 2.28 bits per heavy atom. The SMILES string of the molecule is CC(=O)O.Nc1ncnc2c1nc(-c1ccc(Cl)cc1Cl)n2-c1ccc(Cl)cc1. The zero-order valence-electron chi connectivity index (χ0n) is 15.0. The second kappa shape index (κ2) is 8.65. The molecule has 0 aliphatic rings. The number of nitrogen functional groups attached to an aromatic ring is 1. The Bertz CT molecular complexity index is 1190. The van der Waals surface area contributed by atoms with E-state index in [1.54, 1.807) is 24.3 Å². The molecule has 0 fully saturated rings. The summed E-state index contributed by atoms with van der Waals surface area (Å²) in [7, 11) is 0. The van der Waals surface area contributed by atoms with Gasteiger partial charge in [0.1, 0.15) is 12.2 Å². The van der Waals surface area contributed by atoms with Gasteiger partial charge in [-0.1, -0.05) is 34.8 Å². The number of hydrogen-bond donors (Lipinski definition) is 2. The van der Waals surface area contributed by atoms with Gasteiger partial charge in [0.2, 0.25) is 0 Å². The van der Waals surface area contributed by atoms with Crippen LogP contribution in [0.15, 0.2) is 48.8 Å². The maximum atomic E-state index is 9.00. The second-order valence-corrected chi connectivity index (χ2v) is 7.10. The molecule has 0 spiro atoms. The Morgan fingerprint density at radius 2 is 1.66 bits per heavy atom. The summed E-state index contributed by atoms with van der Waals surface area (Å²) in [4.78, 5) is 22.0. The van der Waals surface area contributed by atoms with Crippen molar-refractivity contribution in [1.82, 2.24) is 19.5 Å². The van der Waals surface area contributed by atoms with Gasteiger partial charge >= 0.3 is 0 Å². The van der Waals surface area contributed by atoms with Gasteiger partial charge in [0.05, 0.1) is 5.02 Å². The minimum absolute atomic E-state index is 0.295. The molecule has 0 radical (unpaired) electrons. The highest BCUT2D eigenvalue weighted by molar-refractivity contribution is 6.36. The van der Waals surface area contributed by atoms with E-state index >= 15 is 0 Å². The molecule has 0 bridgehead atoms. The summed E-state index contributed by atoms with van der Waals surface area (Å²) in [6, 6.07) is 12.6. The molecule has 0 amide bonds. The van der Waals surface area contributed by atoms with E-state index in [0.29, 0.717) is 43.4 Å². The Hall–Kier alpha value is -2.87. The van der Waals surface area contributed by atoms with Gasteiger partial charge in [-0.3, -0.25) is 9.36 Å². The highest BCUT2D eigenvalue weighted by Gasteiger charge is 2.19. The summed E-state index contributed by atoms with van der Waals surface area (Å²) >= 11 is 18.4. The van der Waals surface area contributed by atoms with Crippen LogP contribution in [-0.2, 0) is 4.79 Å². The lowest BCUT2D eigenvalue weighted by atomic mass is 10.2. The number of fused-ring (bicyclic) bond motifs is 1. The van der Waals surface area contributed by atoms with Gasteiger partial charge in [-0.05, 0) is 42.5 Å². The predicted molar refractivity (Wildman–Crippen MR) is 115 cm³/mol. The molecule has 7 nitrogen and oxygen atoms in total. The first-order valence-corrected chi connectivity index (χ1v) is 9.31. The summed E-state index contributed by atoms with van der Waals surface area (Å²) in [5.41, 5.74) is 8.59. The van der Waals surface area contributed by atoms with Crippen LogP contribution in [0.5, 0.6) is 0 Å². The predicted octanol–water partition coefficient (Wildman–Crippen LogP) is 5.12. The number of nitrogens with two attached hydrogens (primary N) is 1. The molecule has 2 heterocycles. The molecule has 0 aliphatic carbocycles. The summed E-state index contributed by atoms with van der Waals surface area (Å²) in [6.07, 6.45) is 1.40. The zero-order valence-corrected chi connectivity index (χ0v) is 17.2. The molecule has 29 heavy (non-hydrogen) atoms. The van der Waals surface area contributed by atoms with Crippen molar-refractivity contribution in [1.29, 1.82) is 0 Å². The summed E-state index contributed by atoms with van der Waals surface area (Å²) < 4.78 is 1.86. The van der Waals surface area contributed by atoms with E-state index in [1.165, 1.54) is 6.33 Å². The molecule has 10 heteroatoms. The minimum Gasteiger partial charge on any atom is -0.481 e. The van der Waals surface area contributed by atoms with E-state index in [0.717, 1.165) is 12.6 Å². The number of carboxylic acid groups (broad SMARTS) is 1. The lowest BCUT2D eigenvalue weighted by molar-refractivity contribution is -0.134. The van der Waals surface area contributed by atoms with Crippen molar-refractivity contribution in [2.24, 2.45) is 0 Å². The normalized spacial score (nSPS) is 10.5. The maximum absolute atomic E-state index is 9.00. The molecule has 0 saturated heterocycles. The fourth-order valence-electron chi connectivity index (χ4n) is 2.60. The number of imidazole rings is 1. The number of rotatable bonds is 2. The van der Waals surface area contributed by atoms with Crippen LogP contribution in [0.25, 0.3) is 28.2 Å². The van der Waals surface area contributed by atoms with Gasteiger partial charge in [-0.2, -0.15) is 0 Å². The summed E-state index contributed by atoms with van der Waals surface area (Å²) in [5.74, 6) is 0.0511. The second-order valence-electron chi connectivity index (χ2n) is 5.82.